The van der Waals surface area contributed by atoms with E-state index in [9.17, 15) is 24.5 Å². The first-order chi connectivity index (χ1) is 13.8. The summed E-state index contributed by atoms with van der Waals surface area (Å²) >= 11 is 0. The lowest BCUT2D eigenvalue weighted by molar-refractivity contribution is -0.385. The minimum Gasteiger partial charge on any atom is -0.480 e. The van der Waals surface area contributed by atoms with Crippen molar-refractivity contribution in [1.82, 2.24) is 4.90 Å². The molecule has 1 aromatic rings. The Balaban J connectivity index is 2.70. The Hall–Kier alpha value is -3.69. The minimum atomic E-state index is -1.20. The largest absolute Gasteiger partial charge is 0.480 e. The molecule has 10 heteroatoms. The first-order valence-electron chi connectivity index (χ1n) is 8.78. The van der Waals surface area contributed by atoms with E-state index in [0.29, 0.717) is 0 Å². The summed E-state index contributed by atoms with van der Waals surface area (Å²) in [6.07, 6.45) is 2.44. The standard InChI is InChI=1S/C19H20N2O8/c1-3-28-18(24)13-9-20(11-16(22)23)10-14(19(25)29-4-2)17(13)12-7-5-6-8-15(12)21(26)27/h5-10,17H,3-4,11H2,1-2H3,(H,22,23). The number of aliphatic carboxylic acids is 1. The van der Waals surface area contributed by atoms with Gasteiger partial charge in [0, 0.05) is 24.0 Å². The van der Waals surface area contributed by atoms with Crippen LogP contribution in [0.4, 0.5) is 5.69 Å². The Kier molecular flexibility index (Phi) is 7.07. The summed E-state index contributed by atoms with van der Waals surface area (Å²) < 4.78 is 10.1. The Bertz CT molecular complexity index is 854. The maximum absolute atomic E-state index is 12.6. The maximum atomic E-state index is 12.6. The maximum Gasteiger partial charge on any atom is 0.336 e. The predicted molar refractivity (Wildman–Crippen MR) is 99.6 cm³/mol. The molecule has 0 atom stereocenters. The normalized spacial score (nSPS) is 13.9. The predicted octanol–water partition coefficient (Wildman–Crippen LogP) is 1.97. The van der Waals surface area contributed by atoms with Crippen LogP contribution < -0.4 is 0 Å². The lowest BCUT2D eigenvalue weighted by Gasteiger charge is -2.29. The van der Waals surface area contributed by atoms with E-state index in [1.807, 2.05) is 0 Å². The van der Waals surface area contributed by atoms with E-state index in [-0.39, 0.29) is 35.6 Å². The highest BCUT2D eigenvalue weighted by Crippen LogP contribution is 2.40. The Labute approximate surface area is 166 Å². The van der Waals surface area contributed by atoms with Crippen LogP contribution >= 0.6 is 0 Å². The van der Waals surface area contributed by atoms with Gasteiger partial charge in [-0.2, -0.15) is 0 Å². The van der Waals surface area contributed by atoms with Gasteiger partial charge < -0.3 is 19.5 Å². The lowest BCUT2D eigenvalue weighted by atomic mass is 9.82. The third-order valence-electron chi connectivity index (χ3n) is 4.02. The number of carbonyl (C=O) groups is 3. The number of para-hydroxylation sites is 1. The summed E-state index contributed by atoms with van der Waals surface area (Å²) in [6.45, 7) is 2.68. The van der Waals surface area contributed by atoms with Gasteiger partial charge in [-0.05, 0) is 13.8 Å². The fourth-order valence-electron chi connectivity index (χ4n) is 2.96. The molecule has 0 bridgehead atoms. The minimum absolute atomic E-state index is 0.0250. The quantitative estimate of drug-likeness (QED) is 0.392. The number of nitrogens with zero attached hydrogens (tertiary/aromatic N) is 2. The molecule has 0 amide bonds. The van der Waals surface area contributed by atoms with Crippen molar-refractivity contribution in [3.63, 3.8) is 0 Å². The Morgan fingerprint density at radius 3 is 2.03 bits per heavy atom. The van der Waals surface area contributed by atoms with Gasteiger partial charge in [-0.25, -0.2) is 9.59 Å². The van der Waals surface area contributed by atoms with Crippen molar-refractivity contribution in [1.29, 1.82) is 0 Å². The molecule has 154 valence electrons. The van der Waals surface area contributed by atoms with E-state index < -0.39 is 35.3 Å². The van der Waals surface area contributed by atoms with Crippen LogP contribution in [0.15, 0.2) is 47.8 Å². The van der Waals surface area contributed by atoms with Gasteiger partial charge in [0.25, 0.3) is 5.69 Å². The van der Waals surface area contributed by atoms with Crippen molar-refractivity contribution in [2.75, 3.05) is 19.8 Å². The number of ether oxygens (including phenoxy) is 2. The number of carboxylic acid groups (broad SMARTS) is 1. The highest BCUT2D eigenvalue weighted by atomic mass is 16.6. The Morgan fingerprint density at radius 2 is 1.59 bits per heavy atom. The highest BCUT2D eigenvalue weighted by molar-refractivity contribution is 5.99. The van der Waals surface area contributed by atoms with Crippen molar-refractivity contribution in [2.45, 2.75) is 19.8 Å². The first kappa shape index (κ1) is 21.6. The number of nitro benzene ring substituents is 1. The van der Waals surface area contributed by atoms with Gasteiger partial charge in [-0.15, -0.1) is 0 Å². The van der Waals surface area contributed by atoms with Gasteiger partial charge in [-0.1, -0.05) is 18.2 Å². The number of benzene rings is 1. The van der Waals surface area contributed by atoms with E-state index in [1.54, 1.807) is 13.8 Å². The van der Waals surface area contributed by atoms with Crippen molar-refractivity contribution in [3.05, 3.63) is 63.5 Å². The van der Waals surface area contributed by atoms with Gasteiger partial charge >= 0.3 is 17.9 Å². The van der Waals surface area contributed by atoms with Gasteiger partial charge in [0.2, 0.25) is 0 Å². The average Bonchev–Trinajstić information content (AvgIpc) is 2.67. The number of esters is 2. The van der Waals surface area contributed by atoms with Crippen LogP contribution in [-0.2, 0) is 23.9 Å². The fourth-order valence-corrected chi connectivity index (χ4v) is 2.96. The van der Waals surface area contributed by atoms with E-state index >= 15 is 0 Å². The lowest BCUT2D eigenvalue weighted by Crippen LogP contribution is -2.31. The molecular weight excluding hydrogens is 384 g/mol. The molecule has 2 rings (SSSR count). The number of carbonyl (C=O) groups excluding carboxylic acids is 2. The third kappa shape index (κ3) is 4.98. The fraction of sp³-hybridized carbons (Fsp3) is 0.316. The summed E-state index contributed by atoms with van der Waals surface area (Å²) in [5, 5.41) is 20.6. The zero-order chi connectivity index (χ0) is 21.6. The van der Waals surface area contributed by atoms with Crippen molar-refractivity contribution < 1.29 is 33.9 Å². The SMILES string of the molecule is CCOC(=O)C1=CN(CC(=O)O)C=C(C(=O)OCC)C1c1ccccc1[N+](=O)[O-]. The molecule has 0 aromatic heterocycles. The molecule has 0 aliphatic carbocycles. The third-order valence-corrected chi connectivity index (χ3v) is 4.02. The summed E-state index contributed by atoms with van der Waals surface area (Å²) in [6, 6.07) is 5.68. The van der Waals surface area contributed by atoms with Crippen molar-refractivity contribution >= 4 is 23.6 Å². The van der Waals surface area contributed by atoms with Crippen LogP contribution in [0.5, 0.6) is 0 Å². The smallest absolute Gasteiger partial charge is 0.336 e. The van der Waals surface area contributed by atoms with Crippen LogP contribution in [0.25, 0.3) is 0 Å². The number of rotatable bonds is 8. The molecular formula is C19H20N2O8. The van der Waals surface area contributed by atoms with Crippen LogP contribution in [-0.4, -0.2) is 52.6 Å². The zero-order valence-corrected chi connectivity index (χ0v) is 15.9. The number of hydrogen-bond acceptors (Lipinski definition) is 8. The summed E-state index contributed by atoms with van der Waals surface area (Å²) in [7, 11) is 0. The van der Waals surface area contributed by atoms with Crippen LogP contribution in [0, 0.1) is 10.1 Å². The molecule has 0 spiro atoms. The van der Waals surface area contributed by atoms with Gasteiger partial charge in [0.05, 0.1) is 35.2 Å². The number of hydrogen-bond donors (Lipinski definition) is 1. The number of carboxylic acids is 1. The monoisotopic (exact) mass is 404 g/mol. The summed E-state index contributed by atoms with van der Waals surface area (Å²) in [5.74, 6) is -3.99. The number of nitro groups is 1. The van der Waals surface area contributed by atoms with E-state index in [4.69, 9.17) is 14.6 Å². The van der Waals surface area contributed by atoms with Crippen LogP contribution in [0.2, 0.25) is 0 Å². The molecule has 1 aromatic carbocycles. The van der Waals surface area contributed by atoms with Gasteiger partial charge in [0.15, 0.2) is 0 Å². The molecule has 0 unspecified atom stereocenters. The van der Waals surface area contributed by atoms with Crippen LogP contribution in [0.3, 0.4) is 0 Å². The molecule has 29 heavy (non-hydrogen) atoms. The zero-order valence-electron chi connectivity index (χ0n) is 15.9. The molecule has 1 aliphatic heterocycles. The first-order valence-corrected chi connectivity index (χ1v) is 8.78. The average molecular weight is 404 g/mol. The van der Waals surface area contributed by atoms with Crippen molar-refractivity contribution in [2.24, 2.45) is 0 Å². The molecule has 0 radical (unpaired) electrons. The molecule has 1 N–H and O–H groups in total. The molecule has 0 saturated heterocycles. The van der Waals surface area contributed by atoms with Crippen molar-refractivity contribution in [3.8, 4) is 0 Å². The van der Waals surface area contributed by atoms with Crippen LogP contribution in [0.1, 0.15) is 25.3 Å². The van der Waals surface area contributed by atoms with E-state index in [1.165, 1.54) is 36.7 Å². The second-order valence-corrected chi connectivity index (χ2v) is 5.92. The topological polar surface area (TPSA) is 136 Å². The molecule has 1 aliphatic rings. The molecule has 1 heterocycles. The Morgan fingerprint density at radius 1 is 1.07 bits per heavy atom. The van der Waals surface area contributed by atoms with Gasteiger partial charge in [-0.3, -0.25) is 14.9 Å². The second-order valence-electron chi connectivity index (χ2n) is 5.92. The van der Waals surface area contributed by atoms with E-state index in [2.05, 4.69) is 0 Å². The highest BCUT2D eigenvalue weighted by Gasteiger charge is 2.39. The van der Waals surface area contributed by atoms with Gasteiger partial charge in [0.1, 0.15) is 6.54 Å². The van der Waals surface area contributed by atoms with E-state index in [0.717, 1.165) is 4.90 Å². The summed E-state index contributed by atoms with van der Waals surface area (Å²) in [5.41, 5.74) is -0.415. The second kappa shape index (κ2) is 9.49. The molecule has 10 nitrogen and oxygen atoms in total. The molecule has 0 saturated carbocycles. The molecule has 0 fully saturated rings. The summed E-state index contributed by atoms with van der Waals surface area (Å²) in [4.78, 5) is 48.4.